The van der Waals surface area contributed by atoms with Crippen LogP contribution in [0.25, 0.3) is 0 Å². The summed E-state index contributed by atoms with van der Waals surface area (Å²) >= 11 is 0. The van der Waals surface area contributed by atoms with Crippen molar-refractivity contribution in [3.8, 4) is 5.75 Å². The smallest absolute Gasteiger partial charge is 0.240 e. The number of nitrogens with one attached hydrogen (secondary N) is 1. The highest BCUT2D eigenvalue weighted by atomic mass is 32.2. The molecule has 0 amide bonds. The second-order valence-electron chi connectivity index (χ2n) is 3.25. The van der Waals surface area contributed by atoms with E-state index in [4.69, 9.17) is 4.74 Å². The Morgan fingerprint density at radius 2 is 1.87 bits per heavy atom. The van der Waals surface area contributed by atoms with Crippen molar-refractivity contribution in [2.45, 2.75) is 18.7 Å². The van der Waals surface area contributed by atoms with Gasteiger partial charge in [0.25, 0.3) is 0 Å². The molecule has 4 nitrogen and oxygen atoms in total. The lowest BCUT2D eigenvalue weighted by molar-refractivity contribution is 0.409. The summed E-state index contributed by atoms with van der Waals surface area (Å²) in [4.78, 5) is 0.296. The van der Waals surface area contributed by atoms with Gasteiger partial charge in [0.2, 0.25) is 10.0 Å². The summed E-state index contributed by atoms with van der Waals surface area (Å²) < 4.78 is 30.9. The minimum Gasteiger partial charge on any atom is -0.496 e. The Kier molecular flexibility index (Phi) is 3.36. The van der Waals surface area contributed by atoms with Crippen molar-refractivity contribution in [1.29, 1.82) is 0 Å². The number of methoxy groups -OCH3 is 1. The average Bonchev–Trinajstić information content (AvgIpc) is 2.18. The van der Waals surface area contributed by atoms with Crippen molar-refractivity contribution in [2.24, 2.45) is 0 Å². The maximum absolute atomic E-state index is 11.7. The molecule has 0 saturated heterocycles. The Balaban J connectivity index is 3.54. The lowest BCUT2D eigenvalue weighted by Crippen LogP contribution is -2.21. The van der Waals surface area contributed by atoms with Crippen LogP contribution in [0.1, 0.15) is 11.1 Å². The van der Waals surface area contributed by atoms with E-state index in [2.05, 4.69) is 4.72 Å². The van der Waals surface area contributed by atoms with E-state index >= 15 is 0 Å². The molecule has 0 spiro atoms. The van der Waals surface area contributed by atoms with Gasteiger partial charge >= 0.3 is 0 Å². The second-order valence-corrected chi connectivity index (χ2v) is 5.07. The number of ether oxygens (including phenoxy) is 1. The Hall–Kier alpha value is -1.07. The Morgan fingerprint density at radius 1 is 1.27 bits per heavy atom. The molecule has 1 N–H and O–H groups in total. The topological polar surface area (TPSA) is 55.4 Å². The van der Waals surface area contributed by atoms with Crippen LogP contribution < -0.4 is 9.46 Å². The highest BCUT2D eigenvalue weighted by molar-refractivity contribution is 7.89. The summed E-state index contributed by atoms with van der Waals surface area (Å²) in [6.07, 6.45) is 0. The molecule has 0 fully saturated rings. The van der Waals surface area contributed by atoms with Crippen LogP contribution in [-0.2, 0) is 10.0 Å². The van der Waals surface area contributed by atoms with Gasteiger partial charge in [-0.05, 0) is 32.5 Å². The summed E-state index contributed by atoms with van der Waals surface area (Å²) in [5.74, 6) is 0.578. The van der Waals surface area contributed by atoms with Crippen LogP contribution in [-0.4, -0.2) is 22.6 Å². The summed E-state index contributed by atoms with van der Waals surface area (Å²) in [5, 5.41) is 0. The Bertz CT molecular complexity index is 466. The predicted molar refractivity (Wildman–Crippen MR) is 58.7 cm³/mol. The molecule has 1 aromatic rings. The molecule has 0 aliphatic rings. The van der Waals surface area contributed by atoms with E-state index in [0.29, 0.717) is 21.8 Å². The summed E-state index contributed by atoms with van der Waals surface area (Å²) in [6.45, 7) is 3.49. The van der Waals surface area contributed by atoms with Crippen molar-refractivity contribution in [1.82, 2.24) is 4.72 Å². The third-order valence-electron chi connectivity index (χ3n) is 2.31. The van der Waals surface area contributed by atoms with Crippen molar-refractivity contribution < 1.29 is 13.2 Å². The normalized spacial score (nSPS) is 11.5. The lowest BCUT2D eigenvalue weighted by Gasteiger charge is -2.13. The Labute approximate surface area is 90.3 Å². The molecule has 15 heavy (non-hydrogen) atoms. The molecule has 0 aliphatic carbocycles. The van der Waals surface area contributed by atoms with Gasteiger partial charge in [0.05, 0.1) is 12.0 Å². The Morgan fingerprint density at radius 3 is 2.33 bits per heavy atom. The molecule has 0 unspecified atom stereocenters. The summed E-state index contributed by atoms with van der Waals surface area (Å²) in [5.41, 5.74) is 1.34. The monoisotopic (exact) mass is 229 g/mol. The van der Waals surface area contributed by atoms with Gasteiger partial charge in [-0.3, -0.25) is 0 Å². The first-order chi connectivity index (χ1) is 6.94. The minimum absolute atomic E-state index is 0.296. The zero-order chi connectivity index (χ0) is 11.6. The van der Waals surface area contributed by atoms with Crippen LogP contribution in [0.2, 0.25) is 0 Å². The molecule has 1 rings (SSSR count). The third kappa shape index (κ3) is 2.13. The van der Waals surface area contributed by atoms with Crippen LogP contribution in [0.5, 0.6) is 5.75 Å². The van der Waals surface area contributed by atoms with Crippen molar-refractivity contribution in [3.63, 3.8) is 0 Å². The number of benzene rings is 1. The zero-order valence-corrected chi connectivity index (χ0v) is 10.1. The van der Waals surface area contributed by atoms with Gasteiger partial charge in [0, 0.05) is 5.56 Å². The first-order valence-corrected chi connectivity index (χ1v) is 6.00. The molecule has 0 bridgehead atoms. The first-order valence-electron chi connectivity index (χ1n) is 4.51. The molecule has 0 aromatic heterocycles. The maximum atomic E-state index is 11.7. The SMILES string of the molecule is CNS(=O)(=O)c1c(C)ccc(OC)c1C. The van der Waals surface area contributed by atoms with Gasteiger partial charge in [-0.15, -0.1) is 0 Å². The van der Waals surface area contributed by atoms with E-state index in [1.54, 1.807) is 26.0 Å². The standard InChI is InChI=1S/C10H15NO3S/c1-7-5-6-9(14-4)8(2)10(7)15(12,13)11-3/h5-6,11H,1-4H3. The number of sulfonamides is 1. The van der Waals surface area contributed by atoms with Crippen molar-refractivity contribution in [3.05, 3.63) is 23.3 Å². The zero-order valence-electron chi connectivity index (χ0n) is 9.29. The van der Waals surface area contributed by atoms with Crippen LogP contribution in [0, 0.1) is 13.8 Å². The van der Waals surface area contributed by atoms with Gasteiger partial charge < -0.3 is 4.74 Å². The van der Waals surface area contributed by atoms with Crippen molar-refractivity contribution in [2.75, 3.05) is 14.2 Å². The fourth-order valence-electron chi connectivity index (χ4n) is 1.55. The van der Waals surface area contributed by atoms with Crippen molar-refractivity contribution >= 4 is 10.0 Å². The number of hydrogen-bond donors (Lipinski definition) is 1. The van der Waals surface area contributed by atoms with Crippen LogP contribution in [0.4, 0.5) is 0 Å². The maximum Gasteiger partial charge on any atom is 0.240 e. The van der Waals surface area contributed by atoms with E-state index in [1.807, 2.05) is 0 Å². The molecule has 0 saturated carbocycles. The molecular formula is C10H15NO3S. The molecule has 5 heteroatoms. The lowest BCUT2D eigenvalue weighted by atomic mass is 10.1. The molecule has 0 radical (unpaired) electrons. The van der Waals surface area contributed by atoms with E-state index in [0.717, 1.165) is 0 Å². The summed E-state index contributed by atoms with van der Waals surface area (Å²) in [6, 6.07) is 3.50. The van der Waals surface area contributed by atoms with Gasteiger partial charge in [0.15, 0.2) is 0 Å². The molecule has 0 aliphatic heterocycles. The number of rotatable bonds is 3. The van der Waals surface area contributed by atoms with Gasteiger partial charge in [0.1, 0.15) is 5.75 Å². The fourth-order valence-corrected chi connectivity index (χ4v) is 2.75. The second kappa shape index (κ2) is 4.20. The fraction of sp³-hybridized carbons (Fsp3) is 0.400. The molecule has 0 heterocycles. The largest absolute Gasteiger partial charge is 0.496 e. The average molecular weight is 229 g/mol. The van der Waals surface area contributed by atoms with Gasteiger partial charge in [-0.2, -0.15) is 0 Å². The highest BCUT2D eigenvalue weighted by Crippen LogP contribution is 2.27. The van der Waals surface area contributed by atoms with Crippen LogP contribution >= 0.6 is 0 Å². The summed E-state index contributed by atoms with van der Waals surface area (Å²) in [7, 11) is -0.504. The first kappa shape index (κ1) is 12.0. The van der Waals surface area contributed by atoms with E-state index in [-0.39, 0.29) is 0 Å². The van der Waals surface area contributed by atoms with E-state index in [9.17, 15) is 8.42 Å². The predicted octanol–water partition coefficient (Wildman–Crippen LogP) is 1.22. The van der Waals surface area contributed by atoms with Gasteiger partial charge in [-0.1, -0.05) is 6.07 Å². The van der Waals surface area contributed by atoms with E-state index < -0.39 is 10.0 Å². The molecule has 84 valence electrons. The number of aryl methyl sites for hydroxylation is 1. The molecule has 0 atom stereocenters. The quantitative estimate of drug-likeness (QED) is 0.848. The van der Waals surface area contributed by atoms with E-state index in [1.165, 1.54) is 14.2 Å². The highest BCUT2D eigenvalue weighted by Gasteiger charge is 2.19. The molecular weight excluding hydrogens is 214 g/mol. The minimum atomic E-state index is -3.42. The molecule has 1 aromatic carbocycles. The van der Waals surface area contributed by atoms with Gasteiger partial charge in [-0.25, -0.2) is 13.1 Å². The van der Waals surface area contributed by atoms with Crippen LogP contribution in [0.15, 0.2) is 17.0 Å². The number of hydrogen-bond acceptors (Lipinski definition) is 3. The van der Waals surface area contributed by atoms with Crippen LogP contribution in [0.3, 0.4) is 0 Å². The third-order valence-corrected chi connectivity index (χ3v) is 4.01.